The van der Waals surface area contributed by atoms with Crippen molar-refractivity contribution in [3.63, 3.8) is 0 Å². The maximum absolute atomic E-state index is 12.0. The van der Waals surface area contributed by atoms with Gasteiger partial charge in [-0.3, -0.25) is 0 Å². The van der Waals surface area contributed by atoms with Crippen LogP contribution in [0.4, 0.5) is 8.78 Å². The standard InChI is InChI=1S/C8H10BrF2NO3S2/c1-4-2-6(16-7(4)9)17(14,15)12-3-5(13)8(10)11/h2,5,8,12-13H,3H2,1H3. The Hall–Kier alpha value is -0.0900. The molecule has 1 unspecified atom stereocenters. The summed E-state index contributed by atoms with van der Waals surface area (Å²) in [6.07, 6.45) is -4.98. The van der Waals surface area contributed by atoms with Gasteiger partial charge >= 0.3 is 0 Å². The molecule has 0 aromatic carbocycles. The van der Waals surface area contributed by atoms with Crippen LogP contribution in [0.25, 0.3) is 0 Å². The van der Waals surface area contributed by atoms with Crippen molar-refractivity contribution in [2.75, 3.05) is 6.54 Å². The van der Waals surface area contributed by atoms with Gasteiger partial charge in [0.05, 0.1) is 3.79 Å². The number of alkyl halides is 2. The predicted octanol–water partition coefficient (Wildman–Crippen LogP) is 1.72. The number of aliphatic hydroxyl groups is 1. The zero-order valence-electron chi connectivity index (χ0n) is 8.65. The summed E-state index contributed by atoms with van der Waals surface area (Å²) in [5, 5.41) is 8.81. The van der Waals surface area contributed by atoms with E-state index in [9.17, 15) is 17.2 Å². The van der Waals surface area contributed by atoms with Crippen LogP contribution < -0.4 is 4.72 Å². The zero-order valence-corrected chi connectivity index (χ0v) is 11.9. The molecule has 98 valence electrons. The molecule has 0 saturated heterocycles. The molecule has 1 aromatic heterocycles. The number of aliphatic hydroxyl groups excluding tert-OH is 1. The molecular weight excluding hydrogens is 340 g/mol. The van der Waals surface area contributed by atoms with Crippen LogP contribution in [-0.2, 0) is 10.0 Å². The van der Waals surface area contributed by atoms with Gasteiger partial charge in [0, 0.05) is 6.54 Å². The molecule has 2 N–H and O–H groups in total. The average Bonchev–Trinajstić information content (AvgIpc) is 2.56. The topological polar surface area (TPSA) is 66.4 Å². The summed E-state index contributed by atoms with van der Waals surface area (Å²) >= 11 is 4.15. The number of halogens is 3. The van der Waals surface area contributed by atoms with E-state index in [1.807, 2.05) is 4.72 Å². The smallest absolute Gasteiger partial charge is 0.265 e. The van der Waals surface area contributed by atoms with Crippen molar-refractivity contribution in [3.8, 4) is 0 Å². The van der Waals surface area contributed by atoms with E-state index >= 15 is 0 Å². The van der Waals surface area contributed by atoms with Crippen molar-refractivity contribution in [3.05, 3.63) is 15.4 Å². The maximum Gasteiger partial charge on any atom is 0.265 e. The molecule has 0 aliphatic heterocycles. The summed E-state index contributed by atoms with van der Waals surface area (Å²) in [5.74, 6) is 0. The van der Waals surface area contributed by atoms with Crippen LogP contribution in [0.1, 0.15) is 5.56 Å². The molecule has 0 aliphatic carbocycles. The molecule has 1 aromatic rings. The van der Waals surface area contributed by atoms with Gasteiger partial charge in [0.15, 0.2) is 0 Å². The molecule has 0 bridgehead atoms. The normalized spacial score (nSPS) is 14.2. The van der Waals surface area contributed by atoms with E-state index in [2.05, 4.69) is 15.9 Å². The SMILES string of the molecule is Cc1cc(S(=O)(=O)NCC(O)C(F)F)sc1Br. The molecule has 4 nitrogen and oxygen atoms in total. The van der Waals surface area contributed by atoms with Crippen LogP contribution in [0.5, 0.6) is 0 Å². The van der Waals surface area contributed by atoms with Gasteiger partial charge < -0.3 is 5.11 Å². The fourth-order valence-electron chi connectivity index (χ4n) is 0.920. The molecule has 1 heterocycles. The lowest BCUT2D eigenvalue weighted by Crippen LogP contribution is -2.35. The highest BCUT2D eigenvalue weighted by Crippen LogP contribution is 2.30. The summed E-state index contributed by atoms with van der Waals surface area (Å²) in [6, 6.07) is 1.42. The second-order valence-corrected chi connectivity index (χ2v) is 7.64. The molecule has 17 heavy (non-hydrogen) atoms. The lowest BCUT2D eigenvalue weighted by molar-refractivity contribution is -0.000445. The van der Waals surface area contributed by atoms with Crippen LogP contribution in [0.2, 0.25) is 0 Å². The summed E-state index contributed by atoms with van der Waals surface area (Å²) in [4.78, 5) is 0. The minimum absolute atomic E-state index is 0.0170. The van der Waals surface area contributed by atoms with E-state index in [0.717, 1.165) is 16.9 Å². The number of hydrogen-bond donors (Lipinski definition) is 2. The van der Waals surface area contributed by atoms with E-state index < -0.39 is 29.1 Å². The van der Waals surface area contributed by atoms with Gasteiger partial charge in [0.1, 0.15) is 10.3 Å². The van der Waals surface area contributed by atoms with Crippen molar-refractivity contribution in [1.82, 2.24) is 4.72 Å². The Labute approximate surface area is 110 Å². The number of rotatable bonds is 5. The number of sulfonamides is 1. The number of aryl methyl sites for hydroxylation is 1. The molecule has 0 aliphatic rings. The predicted molar refractivity (Wildman–Crippen MR) is 64.0 cm³/mol. The van der Waals surface area contributed by atoms with Crippen LogP contribution in [0.15, 0.2) is 14.1 Å². The van der Waals surface area contributed by atoms with Gasteiger partial charge in [-0.15, -0.1) is 11.3 Å². The average molecular weight is 350 g/mol. The number of nitrogens with one attached hydrogen (secondary N) is 1. The van der Waals surface area contributed by atoms with E-state index in [1.165, 1.54) is 6.07 Å². The Morgan fingerprint density at radius 3 is 2.59 bits per heavy atom. The van der Waals surface area contributed by atoms with E-state index in [4.69, 9.17) is 5.11 Å². The Bertz CT molecular complexity index is 469. The van der Waals surface area contributed by atoms with E-state index in [0.29, 0.717) is 3.79 Å². The Balaban J connectivity index is 2.76. The van der Waals surface area contributed by atoms with Gasteiger partial charge in [0.25, 0.3) is 6.43 Å². The quantitative estimate of drug-likeness (QED) is 0.850. The highest BCUT2D eigenvalue weighted by atomic mass is 79.9. The molecule has 1 rings (SSSR count). The lowest BCUT2D eigenvalue weighted by Gasteiger charge is -2.09. The van der Waals surface area contributed by atoms with Gasteiger partial charge in [-0.05, 0) is 34.5 Å². The van der Waals surface area contributed by atoms with Gasteiger partial charge in [-0.2, -0.15) is 0 Å². The molecule has 0 spiro atoms. The molecule has 9 heteroatoms. The molecule has 0 amide bonds. The fraction of sp³-hybridized carbons (Fsp3) is 0.500. The second kappa shape index (κ2) is 5.70. The third-order valence-electron chi connectivity index (χ3n) is 1.87. The highest BCUT2D eigenvalue weighted by molar-refractivity contribution is 9.11. The second-order valence-electron chi connectivity index (χ2n) is 3.28. The van der Waals surface area contributed by atoms with E-state index in [1.54, 1.807) is 6.92 Å². The first-order valence-electron chi connectivity index (χ1n) is 4.46. The summed E-state index contributed by atoms with van der Waals surface area (Å²) in [7, 11) is -3.85. The summed E-state index contributed by atoms with van der Waals surface area (Å²) in [6.45, 7) is 1.00. The van der Waals surface area contributed by atoms with Crippen LogP contribution in [0.3, 0.4) is 0 Å². The van der Waals surface area contributed by atoms with Gasteiger partial charge in [-0.1, -0.05) is 0 Å². The van der Waals surface area contributed by atoms with Crippen LogP contribution in [0, 0.1) is 6.92 Å². The first-order chi connectivity index (χ1) is 7.74. The fourth-order valence-corrected chi connectivity index (χ4v) is 4.24. The minimum atomic E-state index is -3.85. The third-order valence-corrected chi connectivity index (χ3v) is 5.91. The molecular formula is C8H10BrF2NO3S2. The van der Waals surface area contributed by atoms with Crippen molar-refractivity contribution < 1.29 is 22.3 Å². The van der Waals surface area contributed by atoms with Crippen molar-refractivity contribution in [1.29, 1.82) is 0 Å². The van der Waals surface area contributed by atoms with Crippen LogP contribution in [-0.4, -0.2) is 32.6 Å². The van der Waals surface area contributed by atoms with Gasteiger partial charge in [0.2, 0.25) is 10.0 Å². The van der Waals surface area contributed by atoms with Crippen LogP contribution >= 0.6 is 27.3 Å². The zero-order chi connectivity index (χ0) is 13.2. The maximum atomic E-state index is 12.0. The molecule has 0 saturated carbocycles. The number of hydrogen-bond acceptors (Lipinski definition) is 4. The van der Waals surface area contributed by atoms with Crippen molar-refractivity contribution in [2.45, 2.75) is 23.7 Å². The Morgan fingerprint density at radius 2 is 2.18 bits per heavy atom. The van der Waals surface area contributed by atoms with Crippen molar-refractivity contribution in [2.24, 2.45) is 0 Å². The lowest BCUT2D eigenvalue weighted by atomic mass is 10.4. The van der Waals surface area contributed by atoms with Crippen molar-refractivity contribution >= 4 is 37.3 Å². The third kappa shape index (κ3) is 3.95. The van der Waals surface area contributed by atoms with Gasteiger partial charge in [-0.25, -0.2) is 21.9 Å². The molecule has 0 fully saturated rings. The first-order valence-corrected chi connectivity index (χ1v) is 7.55. The monoisotopic (exact) mass is 349 g/mol. The Kier molecular flexibility index (Phi) is 5.02. The first kappa shape index (κ1) is 15.0. The minimum Gasteiger partial charge on any atom is -0.386 e. The summed E-state index contributed by atoms with van der Waals surface area (Å²) < 4.78 is 49.9. The molecule has 0 radical (unpaired) electrons. The van der Waals surface area contributed by atoms with E-state index in [-0.39, 0.29) is 4.21 Å². The highest BCUT2D eigenvalue weighted by Gasteiger charge is 2.22. The summed E-state index contributed by atoms with van der Waals surface area (Å²) in [5.41, 5.74) is 0.741. The molecule has 1 atom stereocenters. The number of thiophene rings is 1. The Morgan fingerprint density at radius 1 is 1.59 bits per heavy atom. The largest absolute Gasteiger partial charge is 0.386 e.